The summed E-state index contributed by atoms with van der Waals surface area (Å²) in [5.41, 5.74) is 3.36. The number of rotatable bonds is 2. The fraction of sp³-hybridized carbons (Fsp3) is 0.600. The van der Waals surface area contributed by atoms with E-state index in [0.717, 1.165) is 11.1 Å². The molecule has 0 radical (unpaired) electrons. The summed E-state index contributed by atoms with van der Waals surface area (Å²) < 4.78 is 5.87. The molecule has 0 aromatic carbocycles. The second-order valence-corrected chi connectivity index (χ2v) is 5.62. The van der Waals surface area contributed by atoms with Gasteiger partial charge in [0.05, 0.1) is 25.4 Å². The van der Waals surface area contributed by atoms with Crippen LogP contribution in [0.5, 0.6) is 0 Å². The lowest BCUT2D eigenvalue weighted by molar-refractivity contribution is 0.0119. The number of aliphatic hydroxyl groups excluding tert-OH is 2. The van der Waals surface area contributed by atoms with Crippen LogP contribution in [0.2, 0.25) is 0 Å². The van der Waals surface area contributed by atoms with E-state index in [2.05, 4.69) is 13.0 Å². The van der Waals surface area contributed by atoms with E-state index in [1.165, 1.54) is 5.57 Å². The van der Waals surface area contributed by atoms with Gasteiger partial charge >= 0.3 is 0 Å². The summed E-state index contributed by atoms with van der Waals surface area (Å²) in [6.45, 7) is 6.80. The normalized spacial score (nSPS) is 36.8. The molecule has 1 aliphatic carbocycles. The summed E-state index contributed by atoms with van der Waals surface area (Å²) in [6.07, 6.45) is 6.11. The molecule has 2 rings (SSSR count). The van der Waals surface area contributed by atoms with Gasteiger partial charge in [-0.05, 0) is 43.1 Å². The first-order chi connectivity index (χ1) is 8.46. The van der Waals surface area contributed by atoms with Crippen LogP contribution in [0.4, 0.5) is 0 Å². The lowest BCUT2D eigenvalue weighted by atomic mass is 9.69. The first-order valence-electron chi connectivity index (χ1n) is 6.44. The van der Waals surface area contributed by atoms with Crippen molar-refractivity contribution in [1.82, 2.24) is 0 Å². The summed E-state index contributed by atoms with van der Waals surface area (Å²) in [5.74, 6) is 0. The van der Waals surface area contributed by atoms with E-state index in [9.17, 15) is 5.11 Å². The highest BCUT2D eigenvalue weighted by Gasteiger charge is 2.39. The van der Waals surface area contributed by atoms with Gasteiger partial charge in [0, 0.05) is 5.41 Å². The number of aliphatic hydroxyl groups is 2. The van der Waals surface area contributed by atoms with Crippen molar-refractivity contribution in [3.8, 4) is 0 Å². The van der Waals surface area contributed by atoms with Gasteiger partial charge in [0.2, 0.25) is 0 Å². The standard InChI is InChI=1S/C15H22O3/c1-10(4-5-16)14-7-13-11(2)6-12(17)8-15(13,3)9-18-14/h4,6-7,12,14,16-17H,5,8-9H2,1-3H3/t12-,14-,15-/m0/s1. The van der Waals surface area contributed by atoms with Crippen molar-refractivity contribution in [1.29, 1.82) is 0 Å². The SMILES string of the molecule is CC1=C[C@H](O)C[C@@]2(C)CO[C@H](C(C)=CCO)C=C12. The molecule has 2 aliphatic rings. The first kappa shape index (κ1) is 13.5. The highest BCUT2D eigenvalue weighted by Crippen LogP contribution is 2.44. The number of ether oxygens (including phenoxy) is 1. The molecule has 0 saturated heterocycles. The molecule has 0 unspecified atom stereocenters. The molecule has 100 valence electrons. The van der Waals surface area contributed by atoms with Gasteiger partial charge < -0.3 is 14.9 Å². The van der Waals surface area contributed by atoms with Crippen molar-refractivity contribution in [2.75, 3.05) is 13.2 Å². The first-order valence-corrected chi connectivity index (χ1v) is 6.44. The molecular formula is C15H22O3. The zero-order valence-corrected chi connectivity index (χ0v) is 11.3. The summed E-state index contributed by atoms with van der Waals surface area (Å²) >= 11 is 0. The molecule has 2 N–H and O–H groups in total. The van der Waals surface area contributed by atoms with Crippen molar-refractivity contribution in [2.24, 2.45) is 5.41 Å². The Morgan fingerprint density at radius 2 is 2.28 bits per heavy atom. The molecular weight excluding hydrogens is 228 g/mol. The van der Waals surface area contributed by atoms with E-state index < -0.39 is 0 Å². The third-order valence-corrected chi connectivity index (χ3v) is 3.94. The number of hydrogen-bond donors (Lipinski definition) is 2. The molecule has 3 heteroatoms. The quantitative estimate of drug-likeness (QED) is 0.737. The highest BCUT2D eigenvalue weighted by molar-refractivity contribution is 5.42. The van der Waals surface area contributed by atoms with Gasteiger partial charge in [-0.1, -0.05) is 19.1 Å². The Morgan fingerprint density at radius 3 is 2.94 bits per heavy atom. The van der Waals surface area contributed by atoms with Crippen LogP contribution in [0.25, 0.3) is 0 Å². The van der Waals surface area contributed by atoms with Crippen LogP contribution in [0.3, 0.4) is 0 Å². The fourth-order valence-electron chi connectivity index (χ4n) is 2.95. The Labute approximate surface area is 108 Å². The Balaban J connectivity index is 2.34. The van der Waals surface area contributed by atoms with Gasteiger partial charge in [-0.15, -0.1) is 0 Å². The molecule has 3 nitrogen and oxygen atoms in total. The monoisotopic (exact) mass is 250 g/mol. The molecule has 0 spiro atoms. The average Bonchev–Trinajstić information content (AvgIpc) is 2.27. The average molecular weight is 250 g/mol. The van der Waals surface area contributed by atoms with E-state index in [-0.39, 0.29) is 24.2 Å². The smallest absolute Gasteiger partial charge is 0.0971 e. The van der Waals surface area contributed by atoms with Crippen LogP contribution in [0.1, 0.15) is 27.2 Å². The summed E-state index contributed by atoms with van der Waals surface area (Å²) in [5, 5.41) is 18.8. The van der Waals surface area contributed by atoms with Gasteiger partial charge in [0.25, 0.3) is 0 Å². The molecule has 0 fully saturated rings. The Morgan fingerprint density at radius 1 is 1.56 bits per heavy atom. The van der Waals surface area contributed by atoms with Crippen molar-refractivity contribution in [2.45, 2.75) is 39.4 Å². The lowest BCUT2D eigenvalue weighted by Gasteiger charge is -2.42. The summed E-state index contributed by atoms with van der Waals surface area (Å²) in [4.78, 5) is 0. The van der Waals surface area contributed by atoms with Crippen LogP contribution < -0.4 is 0 Å². The third kappa shape index (κ3) is 2.44. The van der Waals surface area contributed by atoms with E-state index in [1.807, 2.05) is 19.9 Å². The molecule has 0 saturated carbocycles. The van der Waals surface area contributed by atoms with Crippen LogP contribution in [-0.4, -0.2) is 35.6 Å². The van der Waals surface area contributed by atoms with E-state index >= 15 is 0 Å². The Kier molecular flexibility index (Phi) is 3.76. The maximum absolute atomic E-state index is 9.84. The van der Waals surface area contributed by atoms with E-state index in [1.54, 1.807) is 6.08 Å². The summed E-state index contributed by atoms with van der Waals surface area (Å²) in [7, 11) is 0. The van der Waals surface area contributed by atoms with Crippen LogP contribution >= 0.6 is 0 Å². The summed E-state index contributed by atoms with van der Waals surface area (Å²) in [6, 6.07) is 0. The van der Waals surface area contributed by atoms with Crippen molar-refractivity contribution >= 4 is 0 Å². The second kappa shape index (κ2) is 5.00. The molecule has 1 heterocycles. The predicted molar refractivity (Wildman–Crippen MR) is 71.2 cm³/mol. The fourth-order valence-corrected chi connectivity index (χ4v) is 2.95. The van der Waals surface area contributed by atoms with Gasteiger partial charge in [-0.3, -0.25) is 0 Å². The zero-order chi connectivity index (χ0) is 13.3. The maximum Gasteiger partial charge on any atom is 0.0971 e. The van der Waals surface area contributed by atoms with Gasteiger partial charge in [-0.25, -0.2) is 0 Å². The van der Waals surface area contributed by atoms with Crippen molar-refractivity contribution in [3.05, 3.63) is 34.9 Å². The predicted octanol–water partition coefficient (Wildman–Crippen LogP) is 1.97. The lowest BCUT2D eigenvalue weighted by Crippen LogP contribution is -2.39. The Hall–Kier alpha value is -0.900. The number of fused-ring (bicyclic) bond motifs is 1. The minimum absolute atomic E-state index is 0.0413. The van der Waals surface area contributed by atoms with Crippen LogP contribution in [0, 0.1) is 5.41 Å². The molecule has 1 aliphatic heterocycles. The topological polar surface area (TPSA) is 49.7 Å². The Bertz CT molecular complexity index is 419. The molecule has 0 aromatic rings. The molecule has 18 heavy (non-hydrogen) atoms. The molecule has 0 bridgehead atoms. The highest BCUT2D eigenvalue weighted by atomic mass is 16.5. The third-order valence-electron chi connectivity index (χ3n) is 3.94. The van der Waals surface area contributed by atoms with Crippen LogP contribution in [0.15, 0.2) is 34.9 Å². The van der Waals surface area contributed by atoms with Gasteiger partial charge in [-0.2, -0.15) is 0 Å². The second-order valence-electron chi connectivity index (χ2n) is 5.62. The number of hydrogen-bond acceptors (Lipinski definition) is 3. The minimum Gasteiger partial charge on any atom is -0.392 e. The van der Waals surface area contributed by atoms with Gasteiger partial charge in [0.15, 0.2) is 0 Å². The van der Waals surface area contributed by atoms with E-state index in [0.29, 0.717) is 13.0 Å². The minimum atomic E-state index is -0.374. The van der Waals surface area contributed by atoms with Crippen LogP contribution in [-0.2, 0) is 4.74 Å². The van der Waals surface area contributed by atoms with Crippen molar-refractivity contribution < 1.29 is 14.9 Å². The van der Waals surface area contributed by atoms with E-state index in [4.69, 9.17) is 9.84 Å². The van der Waals surface area contributed by atoms with Crippen molar-refractivity contribution in [3.63, 3.8) is 0 Å². The molecule has 3 atom stereocenters. The zero-order valence-electron chi connectivity index (χ0n) is 11.3. The van der Waals surface area contributed by atoms with Gasteiger partial charge in [0.1, 0.15) is 0 Å². The largest absolute Gasteiger partial charge is 0.392 e. The number of allylic oxidation sites excluding steroid dienone is 1. The molecule has 0 aromatic heterocycles. The maximum atomic E-state index is 9.84. The molecule has 0 amide bonds.